The molecule has 4 nitrogen and oxygen atoms in total. The monoisotopic (exact) mass is 228 g/mol. The summed E-state index contributed by atoms with van der Waals surface area (Å²) in [6.07, 6.45) is 3.13. The van der Waals surface area contributed by atoms with E-state index in [9.17, 15) is 9.59 Å². The van der Waals surface area contributed by atoms with Gasteiger partial charge in [-0.15, -0.1) is 0 Å². The summed E-state index contributed by atoms with van der Waals surface area (Å²) in [4.78, 5) is 20.5. The maximum Gasteiger partial charge on any atom is 0.330 e. The van der Waals surface area contributed by atoms with Gasteiger partial charge in [0.05, 0.1) is 12.7 Å². The molecule has 0 spiro atoms. The Morgan fingerprint density at radius 1 is 1.19 bits per heavy atom. The normalized spacial score (nSPS) is 8.50. The van der Waals surface area contributed by atoms with Gasteiger partial charge >= 0.3 is 11.9 Å². The largest absolute Gasteiger partial charge is 0.463 e. The zero-order chi connectivity index (χ0) is 13.0. The van der Waals surface area contributed by atoms with Crippen molar-refractivity contribution in [3.63, 3.8) is 0 Å². The minimum absolute atomic E-state index is 0.0412. The Bertz CT molecular complexity index is 231. The third-order valence-electron chi connectivity index (χ3n) is 1.13. The molecule has 0 saturated carbocycles. The molecule has 0 heterocycles. The van der Waals surface area contributed by atoms with E-state index in [0.717, 1.165) is 18.6 Å². The van der Waals surface area contributed by atoms with E-state index in [2.05, 4.69) is 22.6 Å². The minimum Gasteiger partial charge on any atom is -0.463 e. The Kier molecular flexibility index (Phi) is 12.1. The van der Waals surface area contributed by atoms with Crippen molar-refractivity contribution in [3.05, 3.63) is 25.3 Å². The molecule has 0 aromatic carbocycles. The van der Waals surface area contributed by atoms with Crippen LogP contribution < -0.4 is 0 Å². The molecular weight excluding hydrogens is 208 g/mol. The molecule has 16 heavy (non-hydrogen) atoms. The summed E-state index contributed by atoms with van der Waals surface area (Å²) in [5, 5.41) is 0. The first kappa shape index (κ1) is 16.8. The molecule has 0 aliphatic rings. The van der Waals surface area contributed by atoms with Crippen molar-refractivity contribution in [1.29, 1.82) is 0 Å². The summed E-state index contributed by atoms with van der Waals surface area (Å²) < 4.78 is 9.23. The SMILES string of the molecule is C=CC(=O)OC(C)C.C=CC(=O)OCCC. The van der Waals surface area contributed by atoms with Gasteiger partial charge < -0.3 is 9.47 Å². The molecule has 0 atom stereocenters. The van der Waals surface area contributed by atoms with Crippen molar-refractivity contribution in [2.45, 2.75) is 33.3 Å². The molecule has 0 fully saturated rings. The van der Waals surface area contributed by atoms with Crippen molar-refractivity contribution in [2.24, 2.45) is 0 Å². The summed E-state index contributed by atoms with van der Waals surface area (Å²) in [6.45, 7) is 12.5. The van der Waals surface area contributed by atoms with Gasteiger partial charge in [0.2, 0.25) is 0 Å². The van der Waals surface area contributed by atoms with Crippen LogP contribution in [0.1, 0.15) is 27.2 Å². The first-order valence-corrected chi connectivity index (χ1v) is 5.10. The van der Waals surface area contributed by atoms with Crippen LogP contribution in [0.2, 0.25) is 0 Å². The van der Waals surface area contributed by atoms with Gasteiger partial charge in [-0.05, 0) is 20.3 Å². The van der Waals surface area contributed by atoms with Crippen molar-refractivity contribution < 1.29 is 19.1 Å². The fourth-order valence-electron chi connectivity index (χ4n) is 0.542. The zero-order valence-corrected chi connectivity index (χ0v) is 10.2. The fraction of sp³-hybridized carbons (Fsp3) is 0.500. The van der Waals surface area contributed by atoms with Crippen LogP contribution in [0, 0.1) is 0 Å². The second-order valence-electron chi connectivity index (χ2n) is 3.06. The van der Waals surface area contributed by atoms with E-state index in [1.54, 1.807) is 13.8 Å². The molecule has 92 valence electrons. The van der Waals surface area contributed by atoms with E-state index in [4.69, 9.17) is 0 Å². The van der Waals surface area contributed by atoms with Crippen molar-refractivity contribution >= 4 is 11.9 Å². The lowest BCUT2D eigenvalue weighted by atomic mass is 10.5. The molecule has 0 aliphatic heterocycles. The molecule has 0 unspecified atom stereocenters. The van der Waals surface area contributed by atoms with Gasteiger partial charge in [-0.2, -0.15) is 0 Å². The van der Waals surface area contributed by atoms with Crippen LogP contribution in [0.25, 0.3) is 0 Å². The second-order valence-corrected chi connectivity index (χ2v) is 3.06. The molecule has 0 aromatic heterocycles. The maximum absolute atomic E-state index is 10.3. The smallest absolute Gasteiger partial charge is 0.330 e. The van der Waals surface area contributed by atoms with Crippen LogP contribution in [0.3, 0.4) is 0 Å². The van der Waals surface area contributed by atoms with Gasteiger partial charge in [-0.3, -0.25) is 0 Å². The summed E-state index contributed by atoms with van der Waals surface area (Å²) in [5.41, 5.74) is 0. The lowest BCUT2D eigenvalue weighted by Gasteiger charge is -2.02. The third-order valence-corrected chi connectivity index (χ3v) is 1.13. The highest BCUT2D eigenvalue weighted by Crippen LogP contribution is 1.87. The predicted octanol–water partition coefficient (Wildman–Crippen LogP) is 2.25. The Balaban J connectivity index is 0. The molecule has 0 aromatic rings. The van der Waals surface area contributed by atoms with Gasteiger partial charge in [-0.25, -0.2) is 9.59 Å². The number of hydrogen-bond acceptors (Lipinski definition) is 4. The van der Waals surface area contributed by atoms with Gasteiger partial charge in [0.25, 0.3) is 0 Å². The fourth-order valence-corrected chi connectivity index (χ4v) is 0.542. The van der Waals surface area contributed by atoms with Crippen LogP contribution >= 0.6 is 0 Å². The first-order chi connectivity index (χ1) is 7.47. The van der Waals surface area contributed by atoms with Crippen LogP contribution in [0.15, 0.2) is 25.3 Å². The number of rotatable bonds is 5. The molecule has 0 aliphatic carbocycles. The van der Waals surface area contributed by atoms with Crippen LogP contribution in [-0.2, 0) is 19.1 Å². The molecular formula is C12H20O4. The van der Waals surface area contributed by atoms with Crippen molar-refractivity contribution in [3.8, 4) is 0 Å². The lowest BCUT2D eigenvalue weighted by molar-refractivity contribution is -0.141. The Morgan fingerprint density at radius 3 is 1.94 bits per heavy atom. The average molecular weight is 228 g/mol. The van der Waals surface area contributed by atoms with E-state index in [1.807, 2.05) is 6.92 Å². The molecule has 0 radical (unpaired) electrons. The first-order valence-electron chi connectivity index (χ1n) is 5.10. The van der Waals surface area contributed by atoms with Crippen molar-refractivity contribution in [1.82, 2.24) is 0 Å². The second kappa shape index (κ2) is 11.5. The quantitative estimate of drug-likeness (QED) is 0.535. The van der Waals surface area contributed by atoms with Crippen molar-refractivity contribution in [2.75, 3.05) is 6.61 Å². The highest BCUT2D eigenvalue weighted by atomic mass is 16.5. The third kappa shape index (κ3) is 14.9. The molecule has 0 saturated heterocycles. The summed E-state index contributed by atoms with van der Waals surface area (Å²) in [7, 11) is 0. The van der Waals surface area contributed by atoms with E-state index >= 15 is 0 Å². The number of hydrogen-bond donors (Lipinski definition) is 0. The number of esters is 2. The standard InChI is InChI=1S/2C6H10O2/c1-4-6(7)8-5(2)3;1-3-5-8-6(7)4-2/h4-5H,1H2,2-3H3;4H,2-3,5H2,1H3. The number of ether oxygens (including phenoxy) is 2. The van der Waals surface area contributed by atoms with E-state index < -0.39 is 0 Å². The Hall–Kier alpha value is -1.58. The average Bonchev–Trinajstić information content (AvgIpc) is 2.25. The van der Waals surface area contributed by atoms with E-state index in [1.165, 1.54) is 0 Å². The topological polar surface area (TPSA) is 52.6 Å². The van der Waals surface area contributed by atoms with Gasteiger partial charge in [0.1, 0.15) is 0 Å². The molecule has 4 heteroatoms. The maximum atomic E-state index is 10.3. The summed E-state index contributed by atoms with van der Waals surface area (Å²) >= 11 is 0. The lowest BCUT2D eigenvalue weighted by Crippen LogP contribution is -2.07. The van der Waals surface area contributed by atoms with Gasteiger partial charge in [0, 0.05) is 12.2 Å². The van der Waals surface area contributed by atoms with E-state index in [0.29, 0.717) is 6.61 Å². The van der Waals surface area contributed by atoms with Crippen LogP contribution in [-0.4, -0.2) is 24.6 Å². The van der Waals surface area contributed by atoms with E-state index in [-0.39, 0.29) is 18.0 Å². The van der Waals surface area contributed by atoms with Gasteiger partial charge in [0.15, 0.2) is 0 Å². The summed E-state index contributed by atoms with van der Waals surface area (Å²) in [6, 6.07) is 0. The van der Waals surface area contributed by atoms with Gasteiger partial charge in [-0.1, -0.05) is 20.1 Å². The Morgan fingerprint density at radius 2 is 1.69 bits per heavy atom. The highest BCUT2D eigenvalue weighted by molar-refractivity contribution is 5.81. The van der Waals surface area contributed by atoms with Crippen LogP contribution in [0.5, 0.6) is 0 Å². The zero-order valence-electron chi connectivity index (χ0n) is 10.2. The van der Waals surface area contributed by atoms with Crippen LogP contribution in [0.4, 0.5) is 0 Å². The number of carbonyl (C=O) groups excluding carboxylic acids is 2. The minimum atomic E-state index is -0.361. The highest BCUT2D eigenvalue weighted by Gasteiger charge is 1.96. The Labute approximate surface area is 96.9 Å². The number of carbonyl (C=O) groups is 2. The molecule has 0 bridgehead atoms. The predicted molar refractivity (Wildman–Crippen MR) is 62.9 cm³/mol. The summed E-state index contributed by atoms with van der Waals surface area (Å²) in [5.74, 6) is -0.702. The molecule has 0 N–H and O–H groups in total. The molecule has 0 amide bonds. The molecule has 0 rings (SSSR count).